The Hall–Kier alpha value is -0.790. The van der Waals surface area contributed by atoms with E-state index in [0.717, 1.165) is 12.8 Å². The Kier molecular flexibility index (Phi) is 8.05. The van der Waals surface area contributed by atoms with Crippen molar-refractivity contribution in [1.29, 1.82) is 0 Å². The third-order valence-electron chi connectivity index (χ3n) is 2.39. The highest BCUT2D eigenvalue weighted by atomic mass is 127. The van der Waals surface area contributed by atoms with Gasteiger partial charge in [-0.05, 0) is 33.6 Å². The number of hydrogen-bond donors (Lipinski definition) is 2. The molecule has 0 atom stereocenters. The number of aliphatic imine (C=N–C) groups is 1. The predicted octanol–water partition coefficient (Wildman–Crippen LogP) is 1.83. The summed E-state index contributed by atoms with van der Waals surface area (Å²) in [5.74, 6) is 0.351. The molecular formula is C13H24IN3O2. The average molecular weight is 381 g/mol. The second kappa shape index (κ2) is 8.39. The monoisotopic (exact) mass is 381 g/mol. The molecule has 19 heavy (non-hydrogen) atoms. The van der Waals surface area contributed by atoms with Crippen molar-refractivity contribution in [1.82, 2.24) is 10.6 Å². The summed E-state index contributed by atoms with van der Waals surface area (Å²) in [5.41, 5.74) is -0.453. The molecule has 2 N–H and O–H groups in total. The average Bonchev–Trinajstić information content (AvgIpc) is 2.74. The van der Waals surface area contributed by atoms with E-state index in [4.69, 9.17) is 4.74 Å². The molecule has 0 fully saturated rings. The maximum absolute atomic E-state index is 11.5. The fraction of sp³-hybridized carbons (Fsp3) is 0.692. The fourth-order valence-electron chi connectivity index (χ4n) is 1.66. The molecule has 6 heteroatoms. The largest absolute Gasteiger partial charge is 0.459 e. The lowest BCUT2D eigenvalue weighted by molar-refractivity contribution is -0.153. The van der Waals surface area contributed by atoms with Crippen molar-refractivity contribution in [3.63, 3.8) is 0 Å². The zero-order chi connectivity index (χ0) is 13.6. The first-order valence-corrected chi connectivity index (χ1v) is 6.25. The van der Waals surface area contributed by atoms with E-state index in [9.17, 15) is 4.79 Å². The standard InChI is InChI=1S/C13H23N3O2.HI/c1-13(2,3)18-11(17)9-15-12(14-4)16-10-7-5-6-8-10;/h5-6,10H,7-9H2,1-4H3,(H2,14,15,16);1H. The second-order valence-corrected chi connectivity index (χ2v) is 5.30. The second-order valence-electron chi connectivity index (χ2n) is 5.30. The fourth-order valence-corrected chi connectivity index (χ4v) is 1.66. The van der Waals surface area contributed by atoms with E-state index >= 15 is 0 Å². The number of carbonyl (C=O) groups excluding carboxylic acids is 1. The molecule has 1 aliphatic rings. The van der Waals surface area contributed by atoms with Crippen molar-refractivity contribution in [2.45, 2.75) is 45.3 Å². The molecule has 0 amide bonds. The highest BCUT2D eigenvalue weighted by molar-refractivity contribution is 14.0. The van der Waals surface area contributed by atoms with Crippen molar-refractivity contribution >= 4 is 35.9 Å². The van der Waals surface area contributed by atoms with E-state index in [1.807, 2.05) is 20.8 Å². The lowest BCUT2D eigenvalue weighted by Gasteiger charge is -2.21. The minimum Gasteiger partial charge on any atom is -0.459 e. The van der Waals surface area contributed by atoms with Gasteiger partial charge in [0.05, 0.1) is 0 Å². The maximum Gasteiger partial charge on any atom is 0.325 e. The Balaban J connectivity index is 0.00000324. The molecule has 0 heterocycles. The van der Waals surface area contributed by atoms with Gasteiger partial charge in [-0.2, -0.15) is 0 Å². The zero-order valence-corrected chi connectivity index (χ0v) is 14.4. The molecule has 1 aliphatic carbocycles. The summed E-state index contributed by atoms with van der Waals surface area (Å²) in [6.07, 6.45) is 6.26. The van der Waals surface area contributed by atoms with E-state index in [2.05, 4.69) is 27.8 Å². The van der Waals surface area contributed by atoms with E-state index in [0.29, 0.717) is 12.0 Å². The number of guanidine groups is 1. The molecule has 0 bridgehead atoms. The first-order chi connectivity index (χ1) is 8.40. The van der Waals surface area contributed by atoms with Gasteiger partial charge in [0.1, 0.15) is 12.1 Å². The van der Waals surface area contributed by atoms with Gasteiger partial charge >= 0.3 is 5.97 Å². The molecule has 0 aliphatic heterocycles. The minimum atomic E-state index is -0.453. The Bertz CT molecular complexity index is 340. The highest BCUT2D eigenvalue weighted by Crippen LogP contribution is 2.08. The summed E-state index contributed by atoms with van der Waals surface area (Å²) < 4.78 is 5.21. The van der Waals surface area contributed by atoms with Crippen LogP contribution < -0.4 is 10.6 Å². The van der Waals surface area contributed by atoms with Crippen LogP contribution in [0.5, 0.6) is 0 Å². The number of hydrogen-bond acceptors (Lipinski definition) is 3. The predicted molar refractivity (Wildman–Crippen MR) is 87.9 cm³/mol. The molecule has 0 unspecified atom stereocenters. The van der Waals surface area contributed by atoms with Crippen LogP contribution in [0, 0.1) is 0 Å². The molecule has 0 spiro atoms. The molecule has 5 nitrogen and oxygen atoms in total. The molecule has 0 aromatic carbocycles. The van der Waals surface area contributed by atoms with Gasteiger partial charge in [-0.3, -0.25) is 9.79 Å². The summed E-state index contributed by atoms with van der Waals surface area (Å²) in [6, 6.07) is 0.370. The van der Waals surface area contributed by atoms with Gasteiger partial charge < -0.3 is 15.4 Å². The van der Waals surface area contributed by atoms with Gasteiger partial charge in [-0.15, -0.1) is 24.0 Å². The van der Waals surface area contributed by atoms with Crippen LogP contribution in [0.25, 0.3) is 0 Å². The highest BCUT2D eigenvalue weighted by Gasteiger charge is 2.17. The van der Waals surface area contributed by atoms with Gasteiger partial charge in [0.25, 0.3) is 0 Å². The maximum atomic E-state index is 11.5. The Labute approximate surface area is 132 Å². The van der Waals surface area contributed by atoms with E-state index < -0.39 is 5.60 Å². The number of halogens is 1. The molecule has 0 radical (unpaired) electrons. The van der Waals surface area contributed by atoms with Crippen LogP contribution in [0.3, 0.4) is 0 Å². The number of ether oxygens (including phenoxy) is 1. The number of rotatable bonds is 3. The number of nitrogens with one attached hydrogen (secondary N) is 2. The summed E-state index contributed by atoms with van der Waals surface area (Å²) in [4.78, 5) is 15.6. The van der Waals surface area contributed by atoms with Crippen LogP contribution in [0.4, 0.5) is 0 Å². The van der Waals surface area contributed by atoms with Crippen LogP contribution in [-0.2, 0) is 9.53 Å². The summed E-state index contributed by atoms with van der Waals surface area (Å²) >= 11 is 0. The number of carbonyl (C=O) groups is 1. The summed E-state index contributed by atoms with van der Waals surface area (Å²) in [6.45, 7) is 5.67. The number of esters is 1. The quantitative estimate of drug-likeness (QED) is 0.258. The zero-order valence-electron chi connectivity index (χ0n) is 12.0. The molecule has 0 aromatic rings. The van der Waals surface area contributed by atoms with Crippen LogP contribution in [0.15, 0.2) is 17.1 Å². The third-order valence-corrected chi connectivity index (χ3v) is 2.39. The molecule has 0 saturated heterocycles. The Morgan fingerprint density at radius 3 is 2.42 bits per heavy atom. The summed E-state index contributed by atoms with van der Waals surface area (Å²) in [5, 5.41) is 6.21. The lowest BCUT2D eigenvalue weighted by atomic mass is 10.2. The van der Waals surface area contributed by atoms with Crippen LogP contribution in [-0.4, -0.2) is 37.2 Å². The van der Waals surface area contributed by atoms with Gasteiger partial charge in [0, 0.05) is 13.1 Å². The Morgan fingerprint density at radius 1 is 1.37 bits per heavy atom. The molecule has 0 aromatic heterocycles. The molecule has 110 valence electrons. The van der Waals surface area contributed by atoms with Crippen LogP contribution in [0.2, 0.25) is 0 Å². The molecule has 1 rings (SSSR count). The van der Waals surface area contributed by atoms with E-state index in [1.54, 1.807) is 7.05 Å². The Morgan fingerprint density at radius 2 is 1.95 bits per heavy atom. The van der Waals surface area contributed by atoms with Gasteiger partial charge in [-0.1, -0.05) is 12.2 Å². The number of nitrogens with zero attached hydrogens (tertiary/aromatic N) is 1. The van der Waals surface area contributed by atoms with Crippen LogP contribution >= 0.6 is 24.0 Å². The van der Waals surface area contributed by atoms with Crippen molar-refractivity contribution < 1.29 is 9.53 Å². The van der Waals surface area contributed by atoms with Gasteiger partial charge in [0.2, 0.25) is 0 Å². The van der Waals surface area contributed by atoms with Gasteiger partial charge in [0.15, 0.2) is 5.96 Å². The first-order valence-electron chi connectivity index (χ1n) is 6.25. The van der Waals surface area contributed by atoms with Crippen molar-refractivity contribution in [2.24, 2.45) is 4.99 Å². The first kappa shape index (κ1) is 18.2. The third kappa shape index (κ3) is 8.07. The smallest absolute Gasteiger partial charge is 0.325 e. The minimum absolute atomic E-state index is 0. The molecule has 0 saturated carbocycles. The molecular weight excluding hydrogens is 357 g/mol. The summed E-state index contributed by atoms with van der Waals surface area (Å²) in [7, 11) is 1.69. The van der Waals surface area contributed by atoms with Crippen molar-refractivity contribution in [3.05, 3.63) is 12.2 Å². The topological polar surface area (TPSA) is 62.7 Å². The van der Waals surface area contributed by atoms with Gasteiger partial charge in [-0.25, -0.2) is 0 Å². The SMILES string of the molecule is CN=C(NCC(=O)OC(C)(C)C)NC1CC=CC1.I. The van der Waals surface area contributed by atoms with Crippen LogP contribution in [0.1, 0.15) is 33.6 Å². The van der Waals surface area contributed by atoms with E-state index in [1.165, 1.54) is 0 Å². The van der Waals surface area contributed by atoms with E-state index in [-0.39, 0.29) is 36.5 Å². The lowest BCUT2D eigenvalue weighted by Crippen LogP contribution is -2.45. The van der Waals surface area contributed by atoms with Crippen molar-refractivity contribution in [3.8, 4) is 0 Å². The van der Waals surface area contributed by atoms with Crippen molar-refractivity contribution in [2.75, 3.05) is 13.6 Å². The normalized spacial score (nSPS) is 15.9.